The van der Waals surface area contributed by atoms with E-state index in [9.17, 15) is 26.7 Å². The van der Waals surface area contributed by atoms with Crippen molar-refractivity contribution in [2.45, 2.75) is 77.5 Å². The molecule has 0 N–H and O–H groups in total. The Kier molecular flexibility index (Phi) is 5.16. The second-order valence-electron chi connectivity index (χ2n) is 7.30. The fourth-order valence-electron chi connectivity index (χ4n) is 2.91. The standard InChI is InChI=1S/C16H25F5O2/c1-7-10-8-11(12(22)23-13(4,5)9(2)3)16(20,21)15(10,19)14(6,17)18/h9-11H,7-8H2,1-6H3. The van der Waals surface area contributed by atoms with Crippen molar-refractivity contribution >= 4 is 5.97 Å². The van der Waals surface area contributed by atoms with E-state index in [-0.39, 0.29) is 19.3 Å². The molecule has 136 valence electrons. The lowest BCUT2D eigenvalue weighted by molar-refractivity contribution is -0.252. The molecule has 1 aliphatic carbocycles. The van der Waals surface area contributed by atoms with E-state index in [1.807, 2.05) is 0 Å². The van der Waals surface area contributed by atoms with Crippen LogP contribution in [-0.2, 0) is 9.53 Å². The van der Waals surface area contributed by atoms with Gasteiger partial charge in [-0.25, -0.2) is 22.0 Å². The van der Waals surface area contributed by atoms with Crippen LogP contribution in [0.1, 0.15) is 54.4 Å². The third-order valence-electron chi connectivity index (χ3n) is 5.18. The van der Waals surface area contributed by atoms with Crippen molar-refractivity contribution < 1.29 is 31.5 Å². The molecular weight excluding hydrogens is 319 g/mol. The first-order valence-corrected chi connectivity index (χ1v) is 7.80. The maximum Gasteiger partial charge on any atom is 0.315 e. The summed E-state index contributed by atoms with van der Waals surface area (Å²) in [6, 6.07) is 0. The first-order valence-electron chi connectivity index (χ1n) is 7.80. The summed E-state index contributed by atoms with van der Waals surface area (Å²) in [6.07, 6.45) is -0.872. The SMILES string of the molecule is CCC1CC(C(=O)OC(C)(C)C(C)C)C(F)(F)C1(F)C(C)(F)F. The number of carbonyl (C=O) groups is 1. The van der Waals surface area contributed by atoms with Gasteiger partial charge in [0.25, 0.3) is 5.92 Å². The average Bonchev–Trinajstić information content (AvgIpc) is 2.57. The van der Waals surface area contributed by atoms with E-state index in [0.29, 0.717) is 0 Å². The van der Waals surface area contributed by atoms with E-state index in [2.05, 4.69) is 0 Å². The van der Waals surface area contributed by atoms with E-state index < -0.39 is 47.3 Å². The van der Waals surface area contributed by atoms with Crippen LogP contribution >= 0.6 is 0 Å². The summed E-state index contributed by atoms with van der Waals surface area (Å²) >= 11 is 0. The van der Waals surface area contributed by atoms with Gasteiger partial charge >= 0.3 is 11.9 Å². The molecule has 0 saturated heterocycles. The fraction of sp³-hybridized carbons (Fsp3) is 0.938. The fourth-order valence-corrected chi connectivity index (χ4v) is 2.91. The molecule has 3 atom stereocenters. The van der Waals surface area contributed by atoms with Gasteiger partial charge in [0.05, 0.1) is 0 Å². The van der Waals surface area contributed by atoms with Crippen LogP contribution in [0.25, 0.3) is 0 Å². The van der Waals surface area contributed by atoms with Gasteiger partial charge in [0, 0.05) is 12.8 Å². The minimum atomic E-state index is -4.49. The van der Waals surface area contributed by atoms with Crippen molar-refractivity contribution in [2.75, 3.05) is 0 Å². The molecular formula is C16H25F5O2. The van der Waals surface area contributed by atoms with Crippen molar-refractivity contribution in [1.82, 2.24) is 0 Å². The van der Waals surface area contributed by atoms with Gasteiger partial charge < -0.3 is 4.74 Å². The maximum atomic E-state index is 14.8. The predicted molar refractivity (Wildman–Crippen MR) is 76.3 cm³/mol. The lowest BCUT2D eigenvalue weighted by atomic mass is 9.83. The first kappa shape index (κ1) is 20.2. The topological polar surface area (TPSA) is 26.3 Å². The molecule has 2 nitrogen and oxygen atoms in total. The third-order valence-corrected chi connectivity index (χ3v) is 5.18. The molecule has 0 aromatic heterocycles. The monoisotopic (exact) mass is 344 g/mol. The Hall–Kier alpha value is -0.880. The van der Waals surface area contributed by atoms with E-state index in [4.69, 9.17) is 4.74 Å². The van der Waals surface area contributed by atoms with Crippen molar-refractivity contribution in [2.24, 2.45) is 17.8 Å². The average molecular weight is 344 g/mol. The predicted octanol–water partition coefficient (Wildman–Crippen LogP) is 5.01. The van der Waals surface area contributed by atoms with E-state index in [0.717, 1.165) is 0 Å². The van der Waals surface area contributed by atoms with Crippen molar-refractivity contribution in [1.29, 1.82) is 0 Å². The molecule has 1 saturated carbocycles. The van der Waals surface area contributed by atoms with Crippen LogP contribution in [-0.4, -0.2) is 29.1 Å². The zero-order chi connectivity index (χ0) is 18.4. The number of carbonyl (C=O) groups excluding carboxylic acids is 1. The summed E-state index contributed by atoms with van der Waals surface area (Å²) in [7, 11) is 0. The van der Waals surface area contributed by atoms with Crippen LogP contribution in [0, 0.1) is 17.8 Å². The van der Waals surface area contributed by atoms with Gasteiger partial charge in [-0.05, 0) is 32.6 Å². The number of esters is 1. The maximum absolute atomic E-state index is 14.8. The zero-order valence-corrected chi connectivity index (χ0v) is 14.4. The van der Waals surface area contributed by atoms with E-state index >= 15 is 0 Å². The number of ether oxygens (including phenoxy) is 1. The van der Waals surface area contributed by atoms with Gasteiger partial charge in [-0.15, -0.1) is 0 Å². The van der Waals surface area contributed by atoms with E-state index in [1.54, 1.807) is 13.8 Å². The molecule has 0 aromatic carbocycles. The molecule has 23 heavy (non-hydrogen) atoms. The molecule has 0 heterocycles. The summed E-state index contributed by atoms with van der Waals surface area (Å²) in [4.78, 5) is 12.1. The van der Waals surface area contributed by atoms with Crippen LogP contribution in [0.4, 0.5) is 22.0 Å². The van der Waals surface area contributed by atoms with Crippen molar-refractivity contribution in [3.63, 3.8) is 0 Å². The molecule has 0 radical (unpaired) electrons. The van der Waals surface area contributed by atoms with Crippen LogP contribution in [0.5, 0.6) is 0 Å². The Morgan fingerprint density at radius 1 is 1.22 bits per heavy atom. The van der Waals surface area contributed by atoms with Crippen molar-refractivity contribution in [3.8, 4) is 0 Å². The Morgan fingerprint density at radius 3 is 2.00 bits per heavy atom. The molecule has 1 rings (SSSR count). The lowest BCUT2D eigenvalue weighted by Crippen LogP contribution is -2.58. The number of rotatable bonds is 5. The minimum Gasteiger partial charge on any atom is -0.459 e. The Morgan fingerprint density at radius 2 is 1.70 bits per heavy atom. The van der Waals surface area contributed by atoms with Gasteiger partial charge in [0.1, 0.15) is 11.5 Å². The molecule has 0 bridgehead atoms. The Bertz CT molecular complexity index is 456. The quantitative estimate of drug-likeness (QED) is 0.518. The Labute approximate surface area is 133 Å². The highest BCUT2D eigenvalue weighted by molar-refractivity contribution is 5.75. The summed E-state index contributed by atoms with van der Waals surface area (Å²) in [5.41, 5.74) is -5.11. The minimum absolute atomic E-state index is 0.134. The first-order chi connectivity index (χ1) is 10.1. The molecule has 7 heteroatoms. The van der Waals surface area contributed by atoms with Gasteiger partial charge in [0.2, 0.25) is 5.67 Å². The molecule has 3 unspecified atom stereocenters. The third kappa shape index (κ3) is 3.07. The largest absolute Gasteiger partial charge is 0.459 e. The highest BCUT2D eigenvalue weighted by Crippen LogP contribution is 2.61. The highest BCUT2D eigenvalue weighted by atomic mass is 19.3. The van der Waals surface area contributed by atoms with Crippen LogP contribution in [0.2, 0.25) is 0 Å². The molecule has 1 fully saturated rings. The smallest absolute Gasteiger partial charge is 0.315 e. The molecule has 0 aromatic rings. The van der Waals surface area contributed by atoms with Gasteiger partial charge in [-0.1, -0.05) is 20.8 Å². The summed E-state index contributed by atoms with van der Waals surface area (Å²) in [6.45, 7) is 8.03. The number of alkyl halides is 5. The second-order valence-corrected chi connectivity index (χ2v) is 7.30. The second kappa shape index (κ2) is 5.88. The Balaban J connectivity index is 3.19. The van der Waals surface area contributed by atoms with Crippen LogP contribution < -0.4 is 0 Å². The van der Waals surface area contributed by atoms with E-state index in [1.165, 1.54) is 20.8 Å². The molecule has 0 spiro atoms. The van der Waals surface area contributed by atoms with Gasteiger partial charge in [-0.3, -0.25) is 4.79 Å². The van der Waals surface area contributed by atoms with Gasteiger partial charge in [-0.2, -0.15) is 0 Å². The number of hydrogen-bond donors (Lipinski definition) is 0. The molecule has 0 amide bonds. The molecule has 0 aliphatic heterocycles. The summed E-state index contributed by atoms with van der Waals surface area (Å²) < 4.78 is 76.0. The normalized spacial score (nSPS) is 31.5. The lowest BCUT2D eigenvalue weighted by Gasteiger charge is -2.37. The number of halogens is 5. The van der Waals surface area contributed by atoms with Crippen LogP contribution in [0.3, 0.4) is 0 Å². The number of hydrogen-bond acceptors (Lipinski definition) is 2. The highest BCUT2D eigenvalue weighted by Gasteiger charge is 2.78. The van der Waals surface area contributed by atoms with Gasteiger partial charge in [0.15, 0.2) is 0 Å². The molecule has 1 aliphatic rings. The summed E-state index contributed by atoms with van der Waals surface area (Å²) in [5, 5.41) is 0. The van der Waals surface area contributed by atoms with Crippen LogP contribution in [0.15, 0.2) is 0 Å². The van der Waals surface area contributed by atoms with Crippen molar-refractivity contribution in [3.05, 3.63) is 0 Å². The zero-order valence-electron chi connectivity index (χ0n) is 14.4. The summed E-state index contributed by atoms with van der Waals surface area (Å²) in [5.74, 6) is -14.1.